The van der Waals surface area contributed by atoms with Gasteiger partial charge in [-0.1, -0.05) is 13.8 Å². The summed E-state index contributed by atoms with van der Waals surface area (Å²) < 4.78 is 22.9. The van der Waals surface area contributed by atoms with Crippen molar-refractivity contribution < 1.29 is 23.8 Å². The van der Waals surface area contributed by atoms with Gasteiger partial charge in [-0.15, -0.1) is 0 Å². The average Bonchev–Trinajstić information content (AvgIpc) is 2.53. The van der Waals surface area contributed by atoms with Crippen molar-refractivity contribution in [3.63, 3.8) is 0 Å². The monoisotopic (exact) mass is 310 g/mol. The van der Waals surface area contributed by atoms with Gasteiger partial charge in [-0.3, -0.25) is 4.57 Å². The van der Waals surface area contributed by atoms with Crippen LogP contribution in [0.25, 0.3) is 0 Å². The van der Waals surface area contributed by atoms with Crippen LogP contribution in [0.5, 0.6) is 0 Å². The standard InChI is InChI=1S/C11H24BO5PS/c1-6(2)16-5-8-10(9(13)11(12)19-8)17-18(14,15)7(3)4/h6-11,13H,5,12H2,1-4H3,(H,14,15)/t8-,9-,10-,11-/m1/s1. The van der Waals surface area contributed by atoms with Gasteiger partial charge >= 0.3 is 7.60 Å². The Morgan fingerprint density at radius 3 is 2.42 bits per heavy atom. The molecule has 1 saturated heterocycles. The van der Waals surface area contributed by atoms with E-state index in [4.69, 9.17) is 9.26 Å². The number of hydrogen-bond acceptors (Lipinski definition) is 5. The smallest absolute Gasteiger partial charge is 0.331 e. The number of hydrogen-bond donors (Lipinski definition) is 2. The van der Waals surface area contributed by atoms with Gasteiger partial charge in [0, 0.05) is 5.15 Å². The van der Waals surface area contributed by atoms with Gasteiger partial charge in [-0.05, 0) is 13.8 Å². The molecule has 2 N–H and O–H groups in total. The van der Waals surface area contributed by atoms with Crippen LogP contribution in [0, 0.1) is 0 Å². The molecule has 1 rings (SSSR count). The fourth-order valence-corrected chi connectivity index (χ4v) is 4.11. The van der Waals surface area contributed by atoms with Crippen LogP contribution < -0.4 is 0 Å². The Morgan fingerprint density at radius 1 is 1.37 bits per heavy atom. The molecule has 0 radical (unpaired) electrons. The number of ether oxygens (including phenoxy) is 1. The van der Waals surface area contributed by atoms with Crippen molar-refractivity contribution in [3.8, 4) is 0 Å². The van der Waals surface area contributed by atoms with Crippen molar-refractivity contribution >= 4 is 27.2 Å². The Balaban J connectivity index is 2.72. The summed E-state index contributed by atoms with van der Waals surface area (Å²) in [4.78, 5) is 9.82. The topological polar surface area (TPSA) is 76.0 Å². The molecule has 1 unspecified atom stereocenters. The fraction of sp³-hybridized carbons (Fsp3) is 1.00. The van der Waals surface area contributed by atoms with Crippen LogP contribution in [0.1, 0.15) is 27.7 Å². The lowest BCUT2D eigenvalue weighted by Gasteiger charge is -2.26. The Bertz CT molecular complexity index is 341. The molecule has 0 saturated carbocycles. The quantitative estimate of drug-likeness (QED) is 0.559. The summed E-state index contributed by atoms with van der Waals surface area (Å²) in [7, 11) is -1.80. The summed E-state index contributed by atoms with van der Waals surface area (Å²) in [5.74, 6) is 0. The van der Waals surface area contributed by atoms with Crippen LogP contribution in [-0.4, -0.2) is 58.8 Å². The Hall–Kier alpha value is 0.485. The summed E-state index contributed by atoms with van der Waals surface area (Å²) >= 11 is 1.54. The number of aliphatic hydroxyl groups excluding tert-OH is 1. The predicted octanol–water partition coefficient (Wildman–Crippen LogP) is 0.826. The zero-order valence-electron chi connectivity index (χ0n) is 12.1. The molecule has 0 bridgehead atoms. The van der Waals surface area contributed by atoms with Crippen LogP contribution in [-0.2, 0) is 13.8 Å². The summed E-state index contributed by atoms with van der Waals surface area (Å²) in [6.45, 7) is 7.55. The molecule has 8 heteroatoms. The molecular weight excluding hydrogens is 286 g/mol. The minimum Gasteiger partial charge on any atom is -0.390 e. The molecule has 5 nitrogen and oxygen atoms in total. The van der Waals surface area contributed by atoms with Gasteiger partial charge in [0.25, 0.3) is 0 Å². The van der Waals surface area contributed by atoms with Gasteiger partial charge in [0.05, 0.1) is 29.7 Å². The highest BCUT2D eigenvalue weighted by atomic mass is 32.2. The highest BCUT2D eigenvalue weighted by Gasteiger charge is 2.45. The SMILES string of the molecule is B[C@@H]1S[C@H](COC(C)C)[C@@H](OP(=O)(O)C(C)C)[C@H]1O. The molecule has 112 valence electrons. The van der Waals surface area contributed by atoms with E-state index in [9.17, 15) is 14.6 Å². The molecule has 1 fully saturated rings. The predicted molar refractivity (Wildman–Crippen MR) is 80.6 cm³/mol. The molecule has 1 heterocycles. The van der Waals surface area contributed by atoms with Crippen LogP contribution in [0.3, 0.4) is 0 Å². The maximum absolute atomic E-state index is 12.0. The second kappa shape index (κ2) is 6.96. The van der Waals surface area contributed by atoms with Gasteiger partial charge in [-0.25, -0.2) is 0 Å². The van der Waals surface area contributed by atoms with Gasteiger partial charge < -0.3 is 19.3 Å². The molecule has 0 aliphatic carbocycles. The van der Waals surface area contributed by atoms with E-state index in [0.717, 1.165) is 0 Å². The van der Waals surface area contributed by atoms with Crippen LogP contribution in [0.4, 0.5) is 0 Å². The fourth-order valence-electron chi connectivity index (χ4n) is 1.77. The Labute approximate surface area is 120 Å². The van der Waals surface area contributed by atoms with Crippen molar-refractivity contribution in [2.45, 2.75) is 62.1 Å². The molecule has 5 atom stereocenters. The van der Waals surface area contributed by atoms with E-state index in [0.29, 0.717) is 6.61 Å². The van der Waals surface area contributed by atoms with Crippen molar-refractivity contribution in [1.82, 2.24) is 0 Å². The van der Waals surface area contributed by atoms with Crippen LogP contribution >= 0.6 is 19.4 Å². The maximum Gasteiger partial charge on any atom is 0.331 e. The zero-order valence-corrected chi connectivity index (χ0v) is 13.9. The minimum atomic E-state index is -3.69. The number of aliphatic hydroxyl groups is 1. The normalized spacial score (nSPS) is 34.9. The number of rotatable bonds is 6. The largest absolute Gasteiger partial charge is 0.390 e. The summed E-state index contributed by atoms with van der Waals surface area (Å²) in [6, 6.07) is 0. The first-order valence-electron chi connectivity index (χ1n) is 6.61. The summed E-state index contributed by atoms with van der Waals surface area (Å²) in [5, 5.41) is 9.96. The van der Waals surface area contributed by atoms with Gasteiger partial charge in [0.2, 0.25) is 0 Å². The van der Waals surface area contributed by atoms with E-state index in [2.05, 4.69) is 0 Å². The van der Waals surface area contributed by atoms with Gasteiger partial charge in [0.15, 0.2) is 0 Å². The highest BCUT2D eigenvalue weighted by Crippen LogP contribution is 2.51. The van der Waals surface area contributed by atoms with Crippen molar-refractivity contribution in [3.05, 3.63) is 0 Å². The van der Waals surface area contributed by atoms with Crippen LogP contribution in [0.15, 0.2) is 0 Å². The average molecular weight is 310 g/mol. The van der Waals surface area contributed by atoms with E-state index < -0.39 is 25.5 Å². The molecule has 0 amide bonds. The minimum absolute atomic E-state index is 0.0297. The lowest BCUT2D eigenvalue weighted by atomic mass is 9.94. The third kappa shape index (κ3) is 4.76. The first kappa shape index (κ1) is 17.5. The van der Waals surface area contributed by atoms with E-state index in [1.54, 1.807) is 25.6 Å². The molecule has 1 aliphatic heterocycles. The highest BCUT2D eigenvalue weighted by molar-refractivity contribution is 8.02. The molecule has 0 aromatic rings. The van der Waals surface area contributed by atoms with Crippen molar-refractivity contribution in [1.29, 1.82) is 0 Å². The van der Waals surface area contributed by atoms with Crippen molar-refractivity contribution in [2.75, 3.05) is 6.61 Å². The first-order chi connectivity index (χ1) is 8.65. The molecule has 0 aromatic carbocycles. The van der Waals surface area contributed by atoms with E-state index >= 15 is 0 Å². The van der Waals surface area contributed by atoms with E-state index in [-0.39, 0.29) is 16.5 Å². The van der Waals surface area contributed by atoms with Gasteiger partial charge in [-0.2, -0.15) is 11.8 Å². The Kier molecular flexibility index (Phi) is 6.43. The summed E-state index contributed by atoms with van der Waals surface area (Å²) in [5.41, 5.74) is -0.479. The maximum atomic E-state index is 12.0. The molecule has 0 spiro atoms. The Morgan fingerprint density at radius 2 is 1.95 bits per heavy atom. The second-order valence-electron chi connectivity index (χ2n) is 5.48. The summed E-state index contributed by atoms with van der Waals surface area (Å²) in [6.07, 6.45) is -1.32. The third-order valence-corrected chi connectivity index (χ3v) is 6.41. The molecular formula is C11H24BO5PS. The van der Waals surface area contributed by atoms with Crippen molar-refractivity contribution in [2.24, 2.45) is 0 Å². The number of thioether (sulfide) groups is 1. The lowest BCUT2D eigenvalue weighted by molar-refractivity contribution is 0.0135. The van der Waals surface area contributed by atoms with Gasteiger partial charge in [0.1, 0.15) is 14.0 Å². The lowest BCUT2D eigenvalue weighted by Crippen LogP contribution is -2.37. The third-order valence-electron chi connectivity index (χ3n) is 3.09. The molecule has 1 aliphatic rings. The van der Waals surface area contributed by atoms with E-state index in [1.807, 2.05) is 21.7 Å². The first-order valence-corrected chi connectivity index (χ1v) is 9.20. The van der Waals surface area contributed by atoms with Crippen LogP contribution in [0.2, 0.25) is 0 Å². The second-order valence-corrected chi connectivity index (χ2v) is 9.47. The van der Waals surface area contributed by atoms with E-state index in [1.165, 1.54) is 0 Å². The zero-order chi connectivity index (χ0) is 14.8. The molecule has 0 aromatic heterocycles. The molecule has 19 heavy (non-hydrogen) atoms.